The topological polar surface area (TPSA) is 102 Å². The van der Waals surface area contributed by atoms with Gasteiger partial charge in [-0.1, -0.05) is 30.3 Å². The summed E-state index contributed by atoms with van der Waals surface area (Å²) in [5, 5.41) is 2.77. The van der Waals surface area contributed by atoms with Gasteiger partial charge in [-0.15, -0.1) is 0 Å². The highest BCUT2D eigenvalue weighted by Gasteiger charge is 2.49. The van der Waals surface area contributed by atoms with Crippen LogP contribution < -0.4 is 5.32 Å². The van der Waals surface area contributed by atoms with Crippen molar-refractivity contribution in [2.75, 3.05) is 7.11 Å². The van der Waals surface area contributed by atoms with Crippen LogP contribution in [0.1, 0.15) is 51.1 Å². The van der Waals surface area contributed by atoms with Gasteiger partial charge in [0.15, 0.2) is 6.04 Å². The third kappa shape index (κ3) is 4.63. The maximum Gasteiger partial charge on any atom is 0.333 e. The molecule has 1 aromatic carbocycles. The van der Waals surface area contributed by atoms with E-state index in [1.54, 1.807) is 29.2 Å². The van der Waals surface area contributed by atoms with Crippen LogP contribution in [-0.4, -0.2) is 54.0 Å². The molecule has 0 bridgehead atoms. The van der Waals surface area contributed by atoms with Gasteiger partial charge < -0.3 is 19.7 Å². The smallest absolute Gasteiger partial charge is 0.333 e. The summed E-state index contributed by atoms with van der Waals surface area (Å²) in [6, 6.07) is 7.06. The van der Waals surface area contributed by atoms with E-state index in [1.807, 2.05) is 6.07 Å². The Bertz CT molecular complexity index is 811. The molecule has 8 heteroatoms. The quantitative estimate of drug-likeness (QED) is 0.734. The first-order chi connectivity index (χ1) is 14.3. The Hall–Kier alpha value is -2.90. The van der Waals surface area contributed by atoms with Gasteiger partial charge in [0, 0.05) is 26.3 Å². The lowest BCUT2D eigenvalue weighted by Crippen LogP contribution is -2.51. The number of amides is 2. The van der Waals surface area contributed by atoms with E-state index in [0.717, 1.165) is 12.8 Å². The molecular weight excluding hydrogens is 388 g/mol. The molecule has 0 aromatic heterocycles. The van der Waals surface area contributed by atoms with Crippen molar-refractivity contribution in [3.8, 4) is 0 Å². The van der Waals surface area contributed by atoms with Crippen LogP contribution in [0.15, 0.2) is 30.3 Å². The van der Waals surface area contributed by atoms with Crippen molar-refractivity contribution in [1.29, 1.82) is 0 Å². The van der Waals surface area contributed by atoms with E-state index in [0.29, 0.717) is 18.4 Å². The van der Waals surface area contributed by atoms with Crippen LogP contribution in [0.3, 0.4) is 0 Å². The molecule has 0 unspecified atom stereocenters. The van der Waals surface area contributed by atoms with Crippen LogP contribution in [0.4, 0.5) is 0 Å². The fraction of sp³-hybridized carbons (Fsp3) is 0.545. The Morgan fingerprint density at radius 1 is 1.07 bits per heavy atom. The van der Waals surface area contributed by atoms with E-state index in [4.69, 9.17) is 9.47 Å². The first-order valence-electron chi connectivity index (χ1n) is 10.2. The zero-order chi connectivity index (χ0) is 21.8. The number of benzene rings is 1. The number of carbonyl (C=O) groups is 4. The summed E-state index contributed by atoms with van der Waals surface area (Å²) >= 11 is 0. The van der Waals surface area contributed by atoms with Gasteiger partial charge in [0.25, 0.3) is 0 Å². The van der Waals surface area contributed by atoms with Crippen molar-refractivity contribution < 1.29 is 28.7 Å². The van der Waals surface area contributed by atoms with Gasteiger partial charge in [0.2, 0.25) is 11.8 Å². The highest BCUT2D eigenvalue weighted by Crippen LogP contribution is 2.41. The maximum absolute atomic E-state index is 13.2. The molecule has 162 valence electrons. The summed E-state index contributed by atoms with van der Waals surface area (Å²) in [6.07, 6.45) is 2.28. The predicted octanol–water partition coefficient (Wildman–Crippen LogP) is 1.74. The van der Waals surface area contributed by atoms with Crippen LogP contribution in [0, 0.1) is 5.92 Å². The summed E-state index contributed by atoms with van der Waals surface area (Å²) in [5.41, 5.74) is 0.609. The third-order valence-electron chi connectivity index (χ3n) is 5.98. The van der Waals surface area contributed by atoms with E-state index in [9.17, 15) is 19.2 Å². The average molecular weight is 416 g/mol. The number of nitrogens with one attached hydrogen (secondary N) is 1. The molecule has 1 N–H and O–H groups in total. The molecule has 5 atom stereocenters. The first-order valence-corrected chi connectivity index (χ1v) is 10.2. The minimum Gasteiger partial charge on any atom is -0.467 e. The van der Waals surface area contributed by atoms with Crippen LogP contribution in [-0.2, 0) is 28.7 Å². The van der Waals surface area contributed by atoms with Crippen LogP contribution in [0.25, 0.3) is 0 Å². The van der Waals surface area contributed by atoms with Crippen molar-refractivity contribution in [3.05, 3.63) is 35.9 Å². The van der Waals surface area contributed by atoms with Crippen molar-refractivity contribution in [3.63, 3.8) is 0 Å². The number of hydrogen-bond donors (Lipinski definition) is 1. The van der Waals surface area contributed by atoms with E-state index >= 15 is 0 Å². The Kier molecular flexibility index (Phi) is 6.74. The lowest BCUT2D eigenvalue weighted by Gasteiger charge is -2.36. The molecule has 0 radical (unpaired) electrons. The van der Waals surface area contributed by atoms with Crippen molar-refractivity contribution >= 4 is 23.8 Å². The second kappa shape index (κ2) is 9.28. The minimum absolute atomic E-state index is 0.157. The molecule has 30 heavy (non-hydrogen) atoms. The van der Waals surface area contributed by atoms with Gasteiger partial charge in [0.05, 0.1) is 7.11 Å². The average Bonchev–Trinajstić information content (AvgIpc) is 3.10. The van der Waals surface area contributed by atoms with Gasteiger partial charge in [-0.2, -0.15) is 0 Å². The normalized spacial score (nSPS) is 26.3. The monoisotopic (exact) mass is 416 g/mol. The molecule has 0 spiro atoms. The Morgan fingerprint density at radius 2 is 1.77 bits per heavy atom. The molecule has 1 saturated heterocycles. The highest BCUT2D eigenvalue weighted by atomic mass is 16.5. The van der Waals surface area contributed by atoms with Crippen molar-refractivity contribution in [2.45, 2.75) is 63.8 Å². The SMILES string of the molecule is COC(=O)[C@H](NC(=O)[C@@H]1C[C@@H]2CC[C@@H](OC(C)=O)C[C@@H]2N1C(C)=O)c1ccccc1. The Morgan fingerprint density at radius 3 is 2.37 bits per heavy atom. The van der Waals surface area contributed by atoms with E-state index in [-0.39, 0.29) is 35.8 Å². The molecule has 1 saturated carbocycles. The molecule has 1 heterocycles. The summed E-state index contributed by atoms with van der Waals surface area (Å²) in [5.74, 6) is -1.36. The van der Waals surface area contributed by atoms with Gasteiger partial charge in [-0.05, 0) is 30.7 Å². The number of esters is 2. The number of fused-ring (bicyclic) bond motifs is 1. The molecule has 2 fully saturated rings. The number of hydrogen-bond acceptors (Lipinski definition) is 6. The van der Waals surface area contributed by atoms with Gasteiger partial charge in [0.1, 0.15) is 12.1 Å². The van der Waals surface area contributed by atoms with Crippen LogP contribution in [0.5, 0.6) is 0 Å². The van der Waals surface area contributed by atoms with E-state index < -0.39 is 18.1 Å². The number of carbonyl (C=O) groups excluding carboxylic acids is 4. The van der Waals surface area contributed by atoms with E-state index in [2.05, 4.69) is 5.32 Å². The lowest BCUT2D eigenvalue weighted by atomic mass is 9.83. The fourth-order valence-corrected chi connectivity index (χ4v) is 4.73. The molecular formula is C22H28N2O6. The third-order valence-corrected chi connectivity index (χ3v) is 5.98. The molecule has 1 aliphatic carbocycles. The van der Waals surface area contributed by atoms with Gasteiger partial charge in [-0.25, -0.2) is 4.79 Å². The van der Waals surface area contributed by atoms with Crippen molar-refractivity contribution in [1.82, 2.24) is 10.2 Å². The number of nitrogens with zero attached hydrogens (tertiary/aromatic N) is 1. The molecule has 2 amide bonds. The molecule has 8 nitrogen and oxygen atoms in total. The van der Waals surface area contributed by atoms with Gasteiger partial charge >= 0.3 is 11.9 Å². The van der Waals surface area contributed by atoms with E-state index in [1.165, 1.54) is 21.0 Å². The second-order valence-corrected chi connectivity index (χ2v) is 7.93. The fourth-order valence-electron chi connectivity index (χ4n) is 4.73. The van der Waals surface area contributed by atoms with Crippen molar-refractivity contribution in [2.24, 2.45) is 5.92 Å². The minimum atomic E-state index is -0.950. The summed E-state index contributed by atoms with van der Waals surface area (Å²) in [6.45, 7) is 2.81. The Labute approximate surface area is 175 Å². The maximum atomic E-state index is 13.2. The van der Waals surface area contributed by atoms with Gasteiger partial charge in [-0.3, -0.25) is 14.4 Å². The molecule has 1 aliphatic heterocycles. The molecule has 2 aliphatic rings. The predicted molar refractivity (Wildman–Crippen MR) is 107 cm³/mol. The number of likely N-dealkylation sites (tertiary alicyclic amines) is 1. The zero-order valence-corrected chi connectivity index (χ0v) is 17.5. The highest BCUT2D eigenvalue weighted by molar-refractivity contribution is 5.91. The lowest BCUT2D eigenvalue weighted by molar-refractivity contribution is -0.150. The van der Waals surface area contributed by atoms with Crippen LogP contribution >= 0.6 is 0 Å². The summed E-state index contributed by atoms with van der Waals surface area (Å²) in [7, 11) is 1.27. The molecule has 1 aromatic rings. The van der Waals surface area contributed by atoms with Crippen LogP contribution in [0.2, 0.25) is 0 Å². The largest absolute Gasteiger partial charge is 0.467 e. The zero-order valence-electron chi connectivity index (χ0n) is 17.5. The number of ether oxygens (including phenoxy) is 2. The Balaban J connectivity index is 1.78. The first kappa shape index (κ1) is 21.8. The second-order valence-electron chi connectivity index (χ2n) is 7.93. The standard InChI is InChI=1S/C22H28N2O6/c1-13(25)24-18-12-17(30-14(2)26)10-9-16(18)11-19(24)21(27)23-20(22(28)29-3)15-7-5-4-6-8-15/h4-8,16-20H,9-12H2,1-3H3,(H,23,27)/t16-,17+,18-,19-,20+/m0/s1. The number of rotatable bonds is 5. The number of methoxy groups -OCH3 is 1. The summed E-state index contributed by atoms with van der Waals surface area (Å²) < 4.78 is 10.2. The summed E-state index contributed by atoms with van der Waals surface area (Å²) in [4.78, 5) is 50.8. The molecule has 3 rings (SSSR count).